The van der Waals surface area contributed by atoms with Gasteiger partial charge in [-0.2, -0.15) is 0 Å². The predicted octanol–water partition coefficient (Wildman–Crippen LogP) is 3.97. The highest BCUT2D eigenvalue weighted by Gasteiger charge is 2.17. The van der Waals surface area contributed by atoms with Crippen molar-refractivity contribution in [2.75, 3.05) is 7.11 Å². The van der Waals surface area contributed by atoms with Crippen LogP contribution in [0.2, 0.25) is 0 Å². The summed E-state index contributed by atoms with van der Waals surface area (Å²) < 4.78 is 6.75. The molecule has 0 aliphatic heterocycles. The molecule has 6 nitrogen and oxygen atoms in total. The van der Waals surface area contributed by atoms with Crippen LogP contribution in [-0.2, 0) is 6.42 Å². The lowest BCUT2D eigenvalue weighted by Crippen LogP contribution is -2.19. The summed E-state index contributed by atoms with van der Waals surface area (Å²) in [6.45, 7) is 5.86. The molecule has 0 radical (unpaired) electrons. The Morgan fingerprint density at radius 3 is 2.59 bits per heavy atom. The predicted molar refractivity (Wildman–Crippen MR) is 108 cm³/mol. The van der Waals surface area contributed by atoms with Crippen molar-refractivity contribution in [2.24, 2.45) is 4.99 Å². The average Bonchev–Trinajstić information content (AvgIpc) is 2.98. The summed E-state index contributed by atoms with van der Waals surface area (Å²) in [5, 5.41) is 3.24. The second-order valence-corrected chi connectivity index (χ2v) is 6.39. The highest BCUT2D eigenvalue weighted by molar-refractivity contribution is 6.00. The van der Waals surface area contributed by atoms with Gasteiger partial charge in [-0.3, -0.25) is 9.89 Å². The zero-order valence-electron chi connectivity index (χ0n) is 16.1. The number of hydrogen-bond acceptors (Lipinski definition) is 4. The van der Waals surface area contributed by atoms with Crippen LogP contribution < -0.4 is 10.3 Å². The molecule has 0 amide bonds. The fourth-order valence-corrected chi connectivity index (χ4v) is 3.02. The molecule has 0 saturated heterocycles. The van der Waals surface area contributed by atoms with Gasteiger partial charge in [-0.1, -0.05) is 19.4 Å². The van der Waals surface area contributed by atoms with Gasteiger partial charge in [0.1, 0.15) is 5.75 Å². The number of hydrogen-bond donors (Lipinski definition) is 1. The standard InChI is InChI=1S/C21H24N4O2/c1-5-7-18-20(15(3)23-19-9-6-8-14(2)22-19)21(26)25(24-18)16-10-12-17(27-4)13-11-16/h6,8-13,24H,5,7H2,1-4H3. The number of pyridine rings is 1. The number of H-pyrrole nitrogens is 1. The molecule has 0 atom stereocenters. The van der Waals surface area contributed by atoms with Crippen LogP contribution in [0.25, 0.3) is 5.69 Å². The molecule has 0 spiro atoms. The van der Waals surface area contributed by atoms with Crippen LogP contribution in [0, 0.1) is 6.92 Å². The van der Waals surface area contributed by atoms with Crippen LogP contribution in [0.3, 0.4) is 0 Å². The monoisotopic (exact) mass is 364 g/mol. The van der Waals surface area contributed by atoms with Crippen molar-refractivity contribution in [1.82, 2.24) is 14.8 Å². The number of nitrogens with zero attached hydrogens (tertiary/aromatic N) is 3. The van der Waals surface area contributed by atoms with Crippen LogP contribution in [0.5, 0.6) is 5.75 Å². The SMILES string of the molecule is CCCc1[nH]n(-c2ccc(OC)cc2)c(=O)c1C(C)=Nc1cccc(C)n1. The van der Waals surface area contributed by atoms with Crippen LogP contribution >= 0.6 is 0 Å². The van der Waals surface area contributed by atoms with Crippen molar-refractivity contribution in [2.45, 2.75) is 33.6 Å². The molecule has 27 heavy (non-hydrogen) atoms. The van der Waals surface area contributed by atoms with Crippen LogP contribution in [0.4, 0.5) is 5.82 Å². The van der Waals surface area contributed by atoms with E-state index in [2.05, 4.69) is 22.0 Å². The van der Waals surface area contributed by atoms with E-state index in [4.69, 9.17) is 4.74 Å². The Morgan fingerprint density at radius 1 is 1.22 bits per heavy atom. The van der Waals surface area contributed by atoms with E-state index in [-0.39, 0.29) is 5.56 Å². The van der Waals surface area contributed by atoms with E-state index in [1.807, 2.05) is 56.3 Å². The maximum absolute atomic E-state index is 13.1. The van der Waals surface area contributed by atoms with Gasteiger partial charge in [0.25, 0.3) is 5.56 Å². The molecule has 0 saturated carbocycles. The Balaban J connectivity index is 2.08. The van der Waals surface area contributed by atoms with Crippen molar-refractivity contribution >= 4 is 11.5 Å². The minimum absolute atomic E-state index is 0.113. The third kappa shape index (κ3) is 4.00. The number of benzene rings is 1. The van der Waals surface area contributed by atoms with E-state index >= 15 is 0 Å². The lowest BCUT2D eigenvalue weighted by molar-refractivity contribution is 0.414. The summed E-state index contributed by atoms with van der Waals surface area (Å²) in [5.74, 6) is 1.35. The van der Waals surface area contributed by atoms with Crippen LogP contribution in [0.15, 0.2) is 52.3 Å². The number of ether oxygens (including phenoxy) is 1. The van der Waals surface area contributed by atoms with Gasteiger partial charge in [-0.15, -0.1) is 0 Å². The molecule has 1 N–H and O–H groups in total. The van der Waals surface area contributed by atoms with Gasteiger partial charge in [0.05, 0.1) is 24.1 Å². The summed E-state index contributed by atoms with van der Waals surface area (Å²) in [7, 11) is 1.62. The maximum Gasteiger partial charge on any atom is 0.280 e. The lowest BCUT2D eigenvalue weighted by atomic mass is 10.1. The van der Waals surface area contributed by atoms with E-state index in [1.54, 1.807) is 11.8 Å². The van der Waals surface area contributed by atoms with Gasteiger partial charge in [0.2, 0.25) is 0 Å². The Hall–Kier alpha value is -3.15. The Labute approximate surface area is 158 Å². The molecule has 3 aromatic rings. The first kappa shape index (κ1) is 18.6. The van der Waals surface area contributed by atoms with E-state index in [0.717, 1.165) is 35.7 Å². The first-order chi connectivity index (χ1) is 13.0. The Kier molecular flexibility index (Phi) is 5.54. The highest BCUT2D eigenvalue weighted by atomic mass is 16.5. The van der Waals surface area contributed by atoms with Gasteiger partial charge in [0, 0.05) is 11.4 Å². The van der Waals surface area contributed by atoms with Crippen molar-refractivity contribution in [3.8, 4) is 11.4 Å². The number of methoxy groups -OCH3 is 1. The Bertz CT molecular complexity index is 1010. The number of aromatic nitrogens is 3. The molecule has 0 unspecified atom stereocenters. The number of aromatic amines is 1. The van der Waals surface area contributed by atoms with Crippen LogP contribution in [-0.4, -0.2) is 27.6 Å². The maximum atomic E-state index is 13.1. The van der Waals surface area contributed by atoms with Crippen molar-refractivity contribution < 1.29 is 4.74 Å². The number of aryl methyl sites for hydroxylation is 2. The average molecular weight is 364 g/mol. The molecule has 140 valence electrons. The van der Waals surface area contributed by atoms with Gasteiger partial charge in [-0.25, -0.2) is 14.7 Å². The first-order valence-electron chi connectivity index (χ1n) is 9.01. The molecule has 0 aliphatic rings. The number of nitrogens with one attached hydrogen (secondary N) is 1. The third-order valence-electron chi connectivity index (χ3n) is 4.31. The fraction of sp³-hybridized carbons (Fsp3) is 0.286. The largest absolute Gasteiger partial charge is 0.497 e. The second kappa shape index (κ2) is 8.03. The molecular formula is C21H24N4O2. The topological polar surface area (TPSA) is 72.3 Å². The molecule has 2 aromatic heterocycles. The Morgan fingerprint density at radius 2 is 1.96 bits per heavy atom. The van der Waals surface area contributed by atoms with Crippen molar-refractivity contribution in [1.29, 1.82) is 0 Å². The lowest BCUT2D eigenvalue weighted by Gasteiger charge is -2.03. The molecule has 6 heteroatoms. The molecule has 3 rings (SSSR count). The quantitative estimate of drug-likeness (QED) is 0.673. The highest BCUT2D eigenvalue weighted by Crippen LogP contribution is 2.17. The van der Waals surface area contributed by atoms with Crippen LogP contribution in [0.1, 0.15) is 37.2 Å². The molecular weight excluding hydrogens is 340 g/mol. The number of aliphatic imine (C=N–C) groups is 1. The number of rotatable bonds is 6. The minimum Gasteiger partial charge on any atom is -0.497 e. The zero-order chi connectivity index (χ0) is 19.4. The summed E-state index contributed by atoms with van der Waals surface area (Å²) in [4.78, 5) is 22.1. The van der Waals surface area contributed by atoms with Gasteiger partial charge < -0.3 is 4.74 Å². The van der Waals surface area contributed by atoms with Gasteiger partial charge in [-0.05, 0) is 56.7 Å². The normalized spacial score (nSPS) is 11.6. The second-order valence-electron chi connectivity index (χ2n) is 6.39. The van der Waals surface area contributed by atoms with Crippen molar-refractivity contribution in [3.05, 3.63) is 69.8 Å². The minimum atomic E-state index is -0.113. The van der Waals surface area contributed by atoms with Gasteiger partial charge >= 0.3 is 0 Å². The van der Waals surface area contributed by atoms with E-state index < -0.39 is 0 Å². The summed E-state index contributed by atoms with van der Waals surface area (Å²) in [6, 6.07) is 13.0. The molecule has 2 heterocycles. The fourth-order valence-electron chi connectivity index (χ4n) is 3.02. The van der Waals surface area contributed by atoms with E-state index in [0.29, 0.717) is 17.1 Å². The molecule has 0 aliphatic carbocycles. The summed E-state index contributed by atoms with van der Waals surface area (Å²) in [5.41, 5.74) is 3.68. The molecule has 0 bridgehead atoms. The zero-order valence-corrected chi connectivity index (χ0v) is 16.1. The van der Waals surface area contributed by atoms with E-state index in [9.17, 15) is 4.79 Å². The van der Waals surface area contributed by atoms with E-state index in [1.165, 1.54) is 0 Å². The molecule has 1 aromatic carbocycles. The summed E-state index contributed by atoms with van der Waals surface area (Å²) >= 11 is 0. The molecule has 0 fully saturated rings. The van der Waals surface area contributed by atoms with Gasteiger partial charge in [0.15, 0.2) is 5.82 Å². The first-order valence-corrected chi connectivity index (χ1v) is 9.01. The summed E-state index contributed by atoms with van der Waals surface area (Å²) in [6.07, 6.45) is 1.69. The third-order valence-corrected chi connectivity index (χ3v) is 4.31. The van der Waals surface area contributed by atoms with Crippen molar-refractivity contribution in [3.63, 3.8) is 0 Å². The smallest absolute Gasteiger partial charge is 0.280 e.